The van der Waals surface area contributed by atoms with E-state index in [1.54, 1.807) is 12.1 Å². The number of nitrogens with zero attached hydrogens (tertiary/aromatic N) is 1. The molecule has 0 spiro atoms. The van der Waals surface area contributed by atoms with Crippen molar-refractivity contribution >= 4 is 22.9 Å². The molecule has 0 aliphatic heterocycles. The van der Waals surface area contributed by atoms with E-state index in [0.717, 1.165) is 5.69 Å². The lowest BCUT2D eigenvalue weighted by molar-refractivity contribution is 0.103. The number of nitrogens with one attached hydrogen (secondary N) is 1. The summed E-state index contributed by atoms with van der Waals surface area (Å²) < 4.78 is 1.91. The summed E-state index contributed by atoms with van der Waals surface area (Å²) in [4.78, 5) is 13.1. The van der Waals surface area contributed by atoms with Crippen molar-refractivity contribution in [2.24, 2.45) is 0 Å². The van der Waals surface area contributed by atoms with Crippen molar-refractivity contribution < 1.29 is 9.90 Å². The summed E-state index contributed by atoms with van der Waals surface area (Å²) in [6.07, 6.45) is 3.81. The Bertz CT molecular complexity index is 747. The minimum Gasteiger partial charge on any atom is -0.392 e. The van der Waals surface area contributed by atoms with Crippen LogP contribution in [0.2, 0.25) is 0 Å². The van der Waals surface area contributed by atoms with E-state index < -0.39 is 0 Å². The summed E-state index contributed by atoms with van der Waals surface area (Å²) in [6.45, 7) is -0.106. The summed E-state index contributed by atoms with van der Waals surface area (Å²) in [6, 6.07) is 13.0. The number of aliphatic hydroxyl groups is 1. The molecule has 2 aromatic heterocycles. The first-order chi connectivity index (χ1) is 10.3. The number of para-hydroxylation sites is 1. The van der Waals surface area contributed by atoms with Gasteiger partial charge < -0.3 is 15.0 Å². The first kappa shape index (κ1) is 13.6. The highest BCUT2D eigenvalue weighted by Crippen LogP contribution is 2.23. The summed E-state index contributed by atoms with van der Waals surface area (Å²) in [5, 5.41) is 14.1. The third-order valence-electron chi connectivity index (χ3n) is 3.17. The average molecular weight is 298 g/mol. The monoisotopic (exact) mass is 298 g/mol. The van der Waals surface area contributed by atoms with Crippen LogP contribution in [0.5, 0.6) is 0 Å². The van der Waals surface area contributed by atoms with E-state index in [1.807, 2.05) is 52.7 Å². The number of benzene rings is 1. The Labute approximate surface area is 126 Å². The van der Waals surface area contributed by atoms with Gasteiger partial charge >= 0.3 is 0 Å². The van der Waals surface area contributed by atoms with Gasteiger partial charge in [-0.25, -0.2) is 0 Å². The lowest BCUT2D eigenvalue weighted by Crippen LogP contribution is -2.13. The Morgan fingerprint density at radius 2 is 1.90 bits per heavy atom. The van der Waals surface area contributed by atoms with Crippen molar-refractivity contribution in [1.29, 1.82) is 0 Å². The molecule has 0 aliphatic carbocycles. The number of aromatic nitrogens is 1. The maximum atomic E-state index is 12.5. The highest BCUT2D eigenvalue weighted by molar-refractivity contribution is 7.12. The van der Waals surface area contributed by atoms with E-state index in [-0.39, 0.29) is 12.5 Å². The van der Waals surface area contributed by atoms with E-state index in [1.165, 1.54) is 11.3 Å². The topological polar surface area (TPSA) is 54.3 Å². The molecular formula is C16H14N2O2S. The van der Waals surface area contributed by atoms with Gasteiger partial charge in [0.25, 0.3) is 5.91 Å². The van der Waals surface area contributed by atoms with Gasteiger partial charge in [0.1, 0.15) is 4.88 Å². The van der Waals surface area contributed by atoms with Crippen LogP contribution in [0, 0.1) is 0 Å². The zero-order chi connectivity index (χ0) is 14.7. The molecule has 21 heavy (non-hydrogen) atoms. The van der Waals surface area contributed by atoms with Gasteiger partial charge in [-0.15, -0.1) is 11.3 Å². The number of amides is 1. The number of thiophene rings is 1. The molecular weight excluding hydrogens is 284 g/mol. The molecule has 3 aromatic rings. The summed E-state index contributed by atoms with van der Waals surface area (Å²) in [5.41, 5.74) is 2.19. The quantitative estimate of drug-likeness (QED) is 0.776. The molecule has 3 rings (SSSR count). The van der Waals surface area contributed by atoms with Crippen LogP contribution in [-0.4, -0.2) is 15.6 Å². The van der Waals surface area contributed by atoms with Crippen LogP contribution >= 0.6 is 11.3 Å². The van der Waals surface area contributed by atoms with Crippen molar-refractivity contribution in [2.75, 3.05) is 5.32 Å². The number of carbonyl (C=O) groups is 1. The van der Waals surface area contributed by atoms with Gasteiger partial charge in [-0.1, -0.05) is 18.2 Å². The zero-order valence-electron chi connectivity index (χ0n) is 11.2. The number of rotatable bonds is 4. The Morgan fingerprint density at radius 3 is 2.67 bits per heavy atom. The molecule has 0 fully saturated rings. The Morgan fingerprint density at radius 1 is 1.14 bits per heavy atom. The van der Waals surface area contributed by atoms with Crippen LogP contribution < -0.4 is 5.32 Å². The van der Waals surface area contributed by atoms with E-state index in [2.05, 4.69) is 5.32 Å². The van der Waals surface area contributed by atoms with E-state index in [0.29, 0.717) is 16.1 Å². The molecule has 2 heterocycles. The summed E-state index contributed by atoms with van der Waals surface area (Å²) in [5.74, 6) is -0.172. The maximum Gasteiger partial charge on any atom is 0.267 e. The smallest absolute Gasteiger partial charge is 0.267 e. The number of carbonyl (C=O) groups excluding carboxylic acids is 1. The lowest BCUT2D eigenvalue weighted by atomic mass is 10.2. The molecule has 4 nitrogen and oxygen atoms in total. The molecule has 0 atom stereocenters. The third kappa shape index (κ3) is 2.74. The van der Waals surface area contributed by atoms with Gasteiger partial charge in [0.05, 0.1) is 12.3 Å². The molecule has 106 valence electrons. The van der Waals surface area contributed by atoms with E-state index in [4.69, 9.17) is 0 Å². The van der Waals surface area contributed by atoms with Gasteiger partial charge in [0.15, 0.2) is 0 Å². The fraction of sp³-hybridized carbons (Fsp3) is 0.0625. The number of hydrogen-bond donors (Lipinski definition) is 2. The van der Waals surface area contributed by atoms with Crippen molar-refractivity contribution in [2.45, 2.75) is 6.61 Å². The van der Waals surface area contributed by atoms with E-state index >= 15 is 0 Å². The lowest BCUT2D eigenvalue weighted by Gasteiger charge is -2.10. The molecule has 0 bridgehead atoms. The molecule has 0 radical (unpaired) electrons. The first-order valence-corrected chi connectivity index (χ1v) is 7.38. The van der Waals surface area contributed by atoms with Crippen LogP contribution in [0.4, 0.5) is 5.69 Å². The standard InChI is InChI=1S/C16H14N2O2S/c19-11-12-5-1-2-6-13(12)17-16(20)15-14(7-10-21-15)18-8-3-4-9-18/h1-10,19H,11H2,(H,17,20). The Kier molecular flexibility index (Phi) is 3.85. The van der Waals surface area contributed by atoms with Crippen molar-refractivity contribution in [3.05, 3.63) is 70.7 Å². The first-order valence-electron chi connectivity index (χ1n) is 6.50. The van der Waals surface area contributed by atoms with Gasteiger partial charge in [0.2, 0.25) is 0 Å². The molecule has 0 aliphatic rings. The fourth-order valence-corrected chi connectivity index (χ4v) is 2.92. The van der Waals surface area contributed by atoms with Crippen LogP contribution in [0.1, 0.15) is 15.2 Å². The molecule has 0 saturated carbocycles. The minimum absolute atomic E-state index is 0.106. The Balaban J connectivity index is 1.89. The molecule has 0 unspecified atom stereocenters. The van der Waals surface area contributed by atoms with Crippen molar-refractivity contribution in [3.8, 4) is 5.69 Å². The average Bonchev–Trinajstić information content (AvgIpc) is 3.18. The predicted molar refractivity (Wildman–Crippen MR) is 84.0 cm³/mol. The highest BCUT2D eigenvalue weighted by Gasteiger charge is 2.15. The SMILES string of the molecule is O=C(Nc1ccccc1CO)c1sccc1-n1cccc1. The number of hydrogen-bond acceptors (Lipinski definition) is 3. The van der Waals surface area contributed by atoms with Crippen LogP contribution in [0.3, 0.4) is 0 Å². The molecule has 2 N–H and O–H groups in total. The van der Waals surface area contributed by atoms with Crippen molar-refractivity contribution in [3.63, 3.8) is 0 Å². The second-order valence-electron chi connectivity index (χ2n) is 4.49. The van der Waals surface area contributed by atoms with Crippen LogP contribution in [0.15, 0.2) is 60.2 Å². The summed E-state index contributed by atoms with van der Waals surface area (Å²) >= 11 is 1.39. The second-order valence-corrected chi connectivity index (χ2v) is 5.41. The van der Waals surface area contributed by atoms with Gasteiger partial charge in [0, 0.05) is 23.6 Å². The van der Waals surface area contributed by atoms with E-state index in [9.17, 15) is 9.90 Å². The van der Waals surface area contributed by atoms with Crippen molar-refractivity contribution in [1.82, 2.24) is 4.57 Å². The molecule has 5 heteroatoms. The minimum atomic E-state index is -0.172. The second kappa shape index (κ2) is 5.95. The fourth-order valence-electron chi connectivity index (χ4n) is 2.13. The number of anilines is 1. The van der Waals surface area contributed by atoms with Gasteiger partial charge in [-0.3, -0.25) is 4.79 Å². The summed E-state index contributed by atoms with van der Waals surface area (Å²) in [7, 11) is 0. The largest absolute Gasteiger partial charge is 0.392 e. The Hall–Kier alpha value is -2.37. The maximum absolute atomic E-state index is 12.5. The molecule has 1 aromatic carbocycles. The highest BCUT2D eigenvalue weighted by atomic mass is 32.1. The normalized spacial score (nSPS) is 10.5. The van der Waals surface area contributed by atoms with Gasteiger partial charge in [-0.05, 0) is 29.6 Å². The van der Waals surface area contributed by atoms with Crippen LogP contribution in [-0.2, 0) is 6.61 Å². The zero-order valence-corrected chi connectivity index (χ0v) is 12.0. The molecule has 0 saturated heterocycles. The number of aliphatic hydroxyl groups excluding tert-OH is 1. The van der Waals surface area contributed by atoms with Crippen LogP contribution in [0.25, 0.3) is 5.69 Å². The third-order valence-corrected chi connectivity index (χ3v) is 4.07. The van der Waals surface area contributed by atoms with Gasteiger partial charge in [-0.2, -0.15) is 0 Å². The predicted octanol–water partition coefficient (Wildman–Crippen LogP) is 3.28. The molecule has 1 amide bonds.